The van der Waals surface area contributed by atoms with E-state index in [1.165, 1.54) is 0 Å². The van der Waals surface area contributed by atoms with Crippen molar-refractivity contribution in [3.05, 3.63) is 62.9 Å². The van der Waals surface area contributed by atoms with Crippen LogP contribution in [0.2, 0.25) is 0 Å². The van der Waals surface area contributed by atoms with Gasteiger partial charge in [0.1, 0.15) is 23.6 Å². The van der Waals surface area contributed by atoms with Crippen molar-refractivity contribution in [2.24, 2.45) is 0 Å². The molecule has 1 aliphatic rings. The minimum absolute atomic E-state index is 0.0321. The van der Waals surface area contributed by atoms with Gasteiger partial charge in [0.15, 0.2) is 0 Å². The van der Waals surface area contributed by atoms with E-state index >= 15 is 0 Å². The summed E-state index contributed by atoms with van der Waals surface area (Å²) in [6, 6.07) is 8.16. The summed E-state index contributed by atoms with van der Waals surface area (Å²) in [6.45, 7) is -0.418. The second kappa shape index (κ2) is 7.01. The molecule has 3 rings (SSSR count). The van der Waals surface area contributed by atoms with E-state index < -0.39 is 42.3 Å². The number of hydrogen-bond acceptors (Lipinski definition) is 7. The van der Waals surface area contributed by atoms with Crippen molar-refractivity contribution in [2.75, 3.05) is 6.61 Å². The highest BCUT2D eigenvalue weighted by atomic mass is 16.5. The number of aliphatic hydroxyl groups excluding tert-OH is 2. The largest absolute Gasteiger partial charge is 0.423 e. The molecule has 9 nitrogen and oxygen atoms in total. The molecule has 0 spiro atoms. The summed E-state index contributed by atoms with van der Waals surface area (Å²) < 4.78 is 11.5. The number of carbonyl (C=O) groups excluding carboxylic acids is 1. The van der Waals surface area contributed by atoms with Crippen LogP contribution in [-0.4, -0.2) is 44.5 Å². The highest BCUT2D eigenvalue weighted by molar-refractivity contribution is 5.90. The quantitative estimate of drug-likeness (QED) is 0.496. The number of hydrogen-bond donors (Lipinski definition) is 3. The maximum absolute atomic E-state index is 12.2. The topological polar surface area (TPSA) is 131 Å². The zero-order valence-electron chi connectivity index (χ0n) is 13.0. The van der Waals surface area contributed by atoms with Crippen molar-refractivity contribution in [2.45, 2.75) is 24.9 Å². The molecular weight excluding hydrogens is 332 g/mol. The maximum Gasteiger partial charge on any atom is 0.350 e. The molecule has 0 aliphatic carbocycles. The number of H-pyrrole nitrogens is 1. The van der Waals surface area contributed by atoms with Crippen LogP contribution in [0.1, 0.15) is 23.0 Å². The lowest BCUT2D eigenvalue weighted by molar-refractivity contribution is -0.0459. The Bertz CT molecular complexity index is 874. The molecule has 0 saturated carbocycles. The van der Waals surface area contributed by atoms with Gasteiger partial charge >= 0.3 is 11.7 Å². The molecule has 9 heteroatoms. The number of nitrogens with zero attached hydrogens (tertiary/aromatic N) is 1. The van der Waals surface area contributed by atoms with Crippen molar-refractivity contribution in [3.63, 3.8) is 0 Å². The first-order valence-electron chi connectivity index (χ1n) is 7.56. The van der Waals surface area contributed by atoms with Gasteiger partial charge in [-0.25, -0.2) is 9.59 Å². The number of rotatable bonds is 4. The molecule has 2 heterocycles. The normalized spacial score (nSPS) is 22.7. The molecule has 1 aliphatic heterocycles. The summed E-state index contributed by atoms with van der Waals surface area (Å²) in [7, 11) is 0. The molecule has 0 unspecified atom stereocenters. The monoisotopic (exact) mass is 348 g/mol. The third kappa shape index (κ3) is 3.53. The Labute approximate surface area is 141 Å². The van der Waals surface area contributed by atoms with Gasteiger partial charge in [0.2, 0.25) is 0 Å². The van der Waals surface area contributed by atoms with Gasteiger partial charge in [-0.2, -0.15) is 0 Å². The highest BCUT2D eigenvalue weighted by Crippen LogP contribution is 2.27. The van der Waals surface area contributed by atoms with E-state index in [1.54, 1.807) is 30.3 Å². The van der Waals surface area contributed by atoms with Gasteiger partial charge in [0.25, 0.3) is 5.56 Å². The fraction of sp³-hybridized carbons (Fsp3) is 0.312. The number of aromatic amines is 1. The molecule has 1 aromatic heterocycles. The minimum Gasteiger partial charge on any atom is -0.423 e. The van der Waals surface area contributed by atoms with Gasteiger partial charge in [0.05, 0.1) is 12.7 Å². The molecule has 25 heavy (non-hydrogen) atoms. The lowest BCUT2D eigenvalue weighted by Gasteiger charge is -2.15. The highest BCUT2D eigenvalue weighted by Gasteiger charge is 2.35. The predicted octanol–water partition coefficient (Wildman–Crippen LogP) is -0.604. The van der Waals surface area contributed by atoms with Crippen LogP contribution in [-0.2, 0) is 4.74 Å². The molecule has 0 amide bonds. The van der Waals surface area contributed by atoms with E-state index in [0.29, 0.717) is 0 Å². The number of esters is 1. The van der Waals surface area contributed by atoms with Crippen LogP contribution in [0.15, 0.2) is 46.1 Å². The molecule has 1 saturated heterocycles. The van der Waals surface area contributed by atoms with Crippen molar-refractivity contribution < 1.29 is 24.5 Å². The van der Waals surface area contributed by atoms with Crippen LogP contribution in [0, 0.1) is 0 Å². The van der Waals surface area contributed by atoms with E-state index in [9.17, 15) is 19.5 Å². The first-order valence-corrected chi connectivity index (χ1v) is 7.56. The molecule has 0 radical (unpaired) electrons. The molecule has 1 aromatic carbocycles. The third-order valence-corrected chi connectivity index (χ3v) is 3.84. The fourth-order valence-electron chi connectivity index (χ4n) is 2.55. The van der Waals surface area contributed by atoms with E-state index in [-0.39, 0.29) is 17.7 Å². The van der Waals surface area contributed by atoms with Gasteiger partial charge in [0, 0.05) is 12.6 Å². The second-order valence-electron chi connectivity index (χ2n) is 5.53. The first-order chi connectivity index (χ1) is 12.0. The Kier molecular flexibility index (Phi) is 4.79. The number of aromatic nitrogens is 2. The number of benzene rings is 1. The summed E-state index contributed by atoms with van der Waals surface area (Å²) in [5.41, 5.74) is -2.06. The standard InChI is InChI=1S/C16H16N2O7/c19-8-12-11(20)6-13(25-12)18-7-10(14(21)17-16(18)23)15(22)24-9-4-2-1-3-5-9/h1-5,7,11-13,19-20H,6,8H2,(H,17,21,23)/t11-,12+,13+/m0/s1. The van der Waals surface area contributed by atoms with Crippen LogP contribution in [0.25, 0.3) is 0 Å². The number of nitrogens with one attached hydrogen (secondary N) is 1. The number of carbonyl (C=O) groups is 1. The van der Waals surface area contributed by atoms with Crippen LogP contribution in [0.3, 0.4) is 0 Å². The van der Waals surface area contributed by atoms with E-state index in [1.807, 2.05) is 4.98 Å². The lowest BCUT2D eigenvalue weighted by Crippen LogP contribution is -2.36. The first kappa shape index (κ1) is 17.1. The number of ether oxygens (including phenoxy) is 2. The molecular formula is C16H16N2O7. The van der Waals surface area contributed by atoms with Gasteiger partial charge in [-0.15, -0.1) is 0 Å². The molecule has 132 valence electrons. The summed E-state index contributed by atoms with van der Waals surface area (Å²) in [6.07, 6.45) is -1.66. The smallest absolute Gasteiger partial charge is 0.350 e. The van der Waals surface area contributed by atoms with Gasteiger partial charge < -0.3 is 19.7 Å². The fourth-order valence-corrected chi connectivity index (χ4v) is 2.55. The van der Waals surface area contributed by atoms with E-state index in [2.05, 4.69) is 0 Å². The van der Waals surface area contributed by atoms with Gasteiger partial charge in [-0.05, 0) is 12.1 Å². The van der Waals surface area contributed by atoms with Crippen molar-refractivity contribution in [1.29, 1.82) is 0 Å². The maximum atomic E-state index is 12.2. The summed E-state index contributed by atoms with van der Waals surface area (Å²) in [5, 5.41) is 18.9. The van der Waals surface area contributed by atoms with E-state index in [0.717, 1.165) is 10.8 Å². The molecule has 3 atom stereocenters. The SMILES string of the molecule is O=C(Oc1ccccc1)c1cn([C@H]2C[C@H](O)[C@@H](CO)O2)c(=O)[nH]c1=O. The summed E-state index contributed by atoms with van der Waals surface area (Å²) in [5.74, 6) is -0.684. The van der Waals surface area contributed by atoms with Crippen LogP contribution in [0.5, 0.6) is 5.75 Å². The Balaban J connectivity index is 1.90. The van der Waals surface area contributed by atoms with Crippen LogP contribution < -0.4 is 16.0 Å². The Morgan fingerprint density at radius 1 is 1.32 bits per heavy atom. The van der Waals surface area contributed by atoms with Gasteiger partial charge in [-0.3, -0.25) is 14.3 Å². The molecule has 2 aromatic rings. The zero-order valence-corrected chi connectivity index (χ0v) is 13.0. The van der Waals surface area contributed by atoms with Crippen LogP contribution >= 0.6 is 0 Å². The van der Waals surface area contributed by atoms with Crippen molar-refractivity contribution in [1.82, 2.24) is 9.55 Å². The Morgan fingerprint density at radius 2 is 2.04 bits per heavy atom. The van der Waals surface area contributed by atoms with E-state index in [4.69, 9.17) is 14.6 Å². The zero-order chi connectivity index (χ0) is 18.0. The lowest BCUT2D eigenvalue weighted by atomic mass is 10.2. The molecule has 0 bridgehead atoms. The van der Waals surface area contributed by atoms with Crippen molar-refractivity contribution in [3.8, 4) is 5.75 Å². The minimum atomic E-state index is -0.964. The average molecular weight is 348 g/mol. The van der Waals surface area contributed by atoms with Crippen LogP contribution in [0.4, 0.5) is 0 Å². The average Bonchev–Trinajstić information content (AvgIpc) is 2.96. The summed E-state index contributed by atoms with van der Waals surface area (Å²) >= 11 is 0. The third-order valence-electron chi connectivity index (χ3n) is 3.84. The van der Waals surface area contributed by atoms with Gasteiger partial charge in [-0.1, -0.05) is 18.2 Å². The second-order valence-corrected chi connectivity index (χ2v) is 5.53. The predicted molar refractivity (Wildman–Crippen MR) is 84.3 cm³/mol. The Hall–Kier alpha value is -2.75. The summed E-state index contributed by atoms with van der Waals surface area (Å²) in [4.78, 5) is 38.2. The molecule has 3 N–H and O–H groups in total. The van der Waals surface area contributed by atoms with Crippen molar-refractivity contribution >= 4 is 5.97 Å². The number of aliphatic hydroxyl groups is 2. The Morgan fingerprint density at radius 3 is 2.68 bits per heavy atom. The molecule has 1 fully saturated rings. The number of para-hydroxylation sites is 1.